The van der Waals surface area contributed by atoms with Crippen molar-refractivity contribution in [3.05, 3.63) is 34.6 Å². The van der Waals surface area contributed by atoms with Crippen molar-refractivity contribution in [1.29, 1.82) is 0 Å². The Morgan fingerprint density at radius 2 is 1.88 bits per heavy atom. The first-order chi connectivity index (χ1) is 8.08. The molecule has 0 saturated heterocycles. The molecule has 17 heavy (non-hydrogen) atoms. The summed E-state index contributed by atoms with van der Waals surface area (Å²) in [5.74, 6) is 1.59. The number of rotatable bonds is 2. The van der Waals surface area contributed by atoms with Crippen LogP contribution in [0.15, 0.2) is 16.5 Å². The van der Waals surface area contributed by atoms with Gasteiger partial charge in [0, 0.05) is 5.39 Å². The highest BCUT2D eigenvalue weighted by atomic mass is 16.3. The van der Waals surface area contributed by atoms with Gasteiger partial charge < -0.3 is 10.2 Å². The number of fused-ring (bicyclic) bond motifs is 1. The van der Waals surface area contributed by atoms with Gasteiger partial charge in [-0.1, -0.05) is 6.07 Å². The van der Waals surface area contributed by atoms with Crippen molar-refractivity contribution in [2.75, 3.05) is 0 Å². The Morgan fingerprint density at radius 1 is 1.18 bits per heavy atom. The molecule has 0 amide bonds. The normalized spacial score (nSPS) is 17.6. The summed E-state index contributed by atoms with van der Waals surface area (Å²) in [5.41, 5.74) is 11.0. The molecule has 1 aromatic heterocycles. The highest BCUT2D eigenvalue weighted by Crippen LogP contribution is 2.41. The zero-order chi connectivity index (χ0) is 12.2. The Labute approximate surface area is 102 Å². The summed E-state index contributed by atoms with van der Waals surface area (Å²) in [6.45, 7) is 6.38. The second kappa shape index (κ2) is 3.61. The fourth-order valence-electron chi connectivity index (χ4n) is 2.52. The number of hydrogen-bond donors (Lipinski definition) is 1. The minimum Gasteiger partial charge on any atom is -0.459 e. The maximum absolute atomic E-state index is 6.21. The minimum atomic E-state index is 0.0847. The second-order valence-electron chi connectivity index (χ2n) is 5.39. The third-order valence-electron chi connectivity index (χ3n) is 4.00. The zero-order valence-corrected chi connectivity index (χ0v) is 10.7. The Bertz CT molecular complexity index is 578. The Balaban J connectivity index is 2.17. The van der Waals surface area contributed by atoms with Crippen LogP contribution in [0.25, 0.3) is 11.0 Å². The number of nitrogens with two attached hydrogens (primary N) is 1. The van der Waals surface area contributed by atoms with E-state index in [1.807, 2.05) is 0 Å². The van der Waals surface area contributed by atoms with Gasteiger partial charge >= 0.3 is 0 Å². The van der Waals surface area contributed by atoms with E-state index in [1.54, 1.807) is 0 Å². The molecular formula is C15H19NO. The van der Waals surface area contributed by atoms with E-state index >= 15 is 0 Å². The van der Waals surface area contributed by atoms with Crippen LogP contribution in [-0.2, 0) is 0 Å². The van der Waals surface area contributed by atoms with E-state index < -0.39 is 0 Å². The van der Waals surface area contributed by atoms with Crippen LogP contribution in [0.4, 0.5) is 0 Å². The van der Waals surface area contributed by atoms with Crippen molar-refractivity contribution in [3.8, 4) is 0 Å². The van der Waals surface area contributed by atoms with Crippen molar-refractivity contribution in [2.24, 2.45) is 11.7 Å². The highest BCUT2D eigenvalue weighted by molar-refractivity contribution is 5.85. The quantitative estimate of drug-likeness (QED) is 0.851. The molecule has 2 N–H and O–H groups in total. The minimum absolute atomic E-state index is 0.0847. The molecule has 1 unspecified atom stereocenters. The number of benzene rings is 1. The number of furan rings is 1. The average molecular weight is 229 g/mol. The summed E-state index contributed by atoms with van der Waals surface area (Å²) in [4.78, 5) is 0. The van der Waals surface area contributed by atoms with Crippen molar-refractivity contribution < 1.29 is 4.42 Å². The molecule has 0 bridgehead atoms. The summed E-state index contributed by atoms with van der Waals surface area (Å²) in [5, 5.41) is 1.22. The molecule has 1 saturated carbocycles. The fraction of sp³-hybridized carbons (Fsp3) is 0.467. The lowest BCUT2D eigenvalue weighted by Crippen LogP contribution is -2.10. The third kappa shape index (κ3) is 1.67. The first-order valence-corrected chi connectivity index (χ1v) is 6.33. The summed E-state index contributed by atoms with van der Waals surface area (Å²) >= 11 is 0. The smallest absolute Gasteiger partial charge is 0.137 e. The molecular weight excluding hydrogens is 210 g/mol. The van der Waals surface area contributed by atoms with Gasteiger partial charge in [0.05, 0.1) is 6.04 Å². The van der Waals surface area contributed by atoms with E-state index in [-0.39, 0.29) is 6.04 Å². The zero-order valence-electron chi connectivity index (χ0n) is 10.7. The predicted molar refractivity (Wildman–Crippen MR) is 70.1 cm³/mol. The van der Waals surface area contributed by atoms with Crippen LogP contribution < -0.4 is 5.73 Å². The lowest BCUT2D eigenvalue weighted by Gasteiger charge is -2.05. The van der Waals surface area contributed by atoms with Gasteiger partial charge in [0.25, 0.3) is 0 Å². The molecule has 2 nitrogen and oxygen atoms in total. The summed E-state index contributed by atoms with van der Waals surface area (Å²) in [6, 6.07) is 4.45. The van der Waals surface area contributed by atoms with Crippen LogP contribution >= 0.6 is 0 Å². The van der Waals surface area contributed by atoms with Crippen LogP contribution in [0.2, 0.25) is 0 Å². The maximum Gasteiger partial charge on any atom is 0.137 e. The first kappa shape index (κ1) is 10.8. The summed E-state index contributed by atoms with van der Waals surface area (Å²) in [6.07, 6.45) is 2.49. The van der Waals surface area contributed by atoms with Crippen molar-refractivity contribution in [2.45, 2.75) is 39.7 Å². The highest BCUT2D eigenvalue weighted by Gasteiger charge is 2.31. The van der Waals surface area contributed by atoms with E-state index in [1.165, 1.54) is 34.9 Å². The van der Waals surface area contributed by atoms with Crippen molar-refractivity contribution >= 4 is 11.0 Å². The van der Waals surface area contributed by atoms with Crippen molar-refractivity contribution in [1.82, 2.24) is 0 Å². The molecule has 1 heterocycles. The Hall–Kier alpha value is -1.28. The third-order valence-corrected chi connectivity index (χ3v) is 4.00. The molecule has 0 aliphatic heterocycles. The molecule has 1 fully saturated rings. The molecule has 3 rings (SSSR count). The molecule has 0 radical (unpaired) electrons. The van der Waals surface area contributed by atoms with Gasteiger partial charge in [0.2, 0.25) is 0 Å². The molecule has 1 aliphatic rings. The van der Waals surface area contributed by atoms with Crippen LogP contribution in [0.3, 0.4) is 0 Å². The maximum atomic E-state index is 6.21. The Morgan fingerprint density at radius 3 is 2.53 bits per heavy atom. The van der Waals surface area contributed by atoms with E-state index in [4.69, 9.17) is 10.2 Å². The van der Waals surface area contributed by atoms with Crippen LogP contribution in [0, 0.1) is 26.7 Å². The monoisotopic (exact) mass is 229 g/mol. The summed E-state index contributed by atoms with van der Waals surface area (Å²) < 4.78 is 6.00. The topological polar surface area (TPSA) is 39.2 Å². The SMILES string of the molecule is Cc1cc(C)c2cc(C(N)C3CC3)oc2c1C. The standard InChI is InChI=1S/C15H19NO/c1-8-6-9(2)12-7-13(14(16)11-4-5-11)17-15(12)10(8)3/h6-7,11,14H,4-5,16H2,1-3H3. The Kier molecular flexibility index (Phi) is 2.30. The van der Waals surface area contributed by atoms with Gasteiger partial charge in [0.1, 0.15) is 11.3 Å². The summed E-state index contributed by atoms with van der Waals surface area (Å²) in [7, 11) is 0. The van der Waals surface area contributed by atoms with Gasteiger partial charge in [-0.2, -0.15) is 0 Å². The van der Waals surface area contributed by atoms with E-state index in [2.05, 4.69) is 32.9 Å². The molecule has 2 aromatic rings. The lowest BCUT2D eigenvalue weighted by atomic mass is 10.0. The predicted octanol–water partition coefficient (Wildman–Crippen LogP) is 3.77. The van der Waals surface area contributed by atoms with Gasteiger partial charge in [-0.3, -0.25) is 0 Å². The number of hydrogen-bond acceptors (Lipinski definition) is 2. The van der Waals surface area contributed by atoms with Crippen LogP contribution in [-0.4, -0.2) is 0 Å². The average Bonchev–Trinajstić information content (AvgIpc) is 3.03. The van der Waals surface area contributed by atoms with Crippen LogP contribution in [0.1, 0.15) is 41.3 Å². The van der Waals surface area contributed by atoms with Crippen LogP contribution in [0.5, 0.6) is 0 Å². The molecule has 0 spiro atoms. The lowest BCUT2D eigenvalue weighted by molar-refractivity contribution is 0.466. The molecule has 1 atom stereocenters. The second-order valence-corrected chi connectivity index (χ2v) is 5.39. The molecule has 2 heteroatoms. The van der Waals surface area contributed by atoms with Gasteiger partial charge in [-0.15, -0.1) is 0 Å². The van der Waals surface area contributed by atoms with Gasteiger partial charge in [0.15, 0.2) is 0 Å². The van der Waals surface area contributed by atoms with Crippen molar-refractivity contribution in [3.63, 3.8) is 0 Å². The van der Waals surface area contributed by atoms with E-state index in [0.29, 0.717) is 5.92 Å². The van der Waals surface area contributed by atoms with E-state index in [0.717, 1.165) is 11.3 Å². The molecule has 1 aliphatic carbocycles. The molecule has 1 aromatic carbocycles. The largest absolute Gasteiger partial charge is 0.459 e. The fourth-order valence-corrected chi connectivity index (χ4v) is 2.52. The number of aryl methyl sites for hydroxylation is 3. The van der Waals surface area contributed by atoms with Gasteiger partial charge in [-0.05, 0) is 62.3 Å². The first-order valence-electron chi connectivity index (χ1n) is 6.33. The van der Waals surface area contributed by atoms with E-state index in [9.17, 15) is 0 Å². The molecule has 90 valence electrons. The van der Waals surface area contributed by atoms with Gasteiger partial charge in [-0.25, -0.2) is 0 Å².